The fourth-order valence-corrected chi connectivity index (χ4v) is 1.96. The molecule has 0 aromatic heterocycles. The number of carboxylic acids is 1. The van der Waals surface area contributed by atoms with Crippen LogP contribution in [0.25, 0.3) is 0 Å². The van der Waals surface area contributed by atoms with Gasteiger partial charge < -0.3 is 7.96 Å². The smallest absolute Gasteiger partial charge is 1.00 e. The van der Waals surface area contributed by atoms with Crippen LogP contribution in [0.3, 0.4) is 0 Å². The van der Waals surface area contributed by atoms with Gasteiger partial charge in [0.25, 0.3) is 0 Å². The Labute approximate surface area is 126 Å². The Morgan fingerprint density at radius 3 is 1.56 bits per heavy atom. The zero-order chi connectivity index (χ0) is 12.3. The van der Waals surface area contributed by atoms with Gasteiger partial charge in [0.15, 0.2) is 0 Å². The summed E-state index contributed by atoms with van der Waals surface area (Å²) in [4.78, 5) is 11.6. The molecule has 0 saturated heterocycles. The van der Waals surface area contributed by atoms with Crippen LogP contribution >= 0.6 is 0 Å². The summed E-state index contributed by atoms with van der Waals surface area (Å²) in [5.41, 5.74) is 0.583. The Balaban J connectivity index is 0. The van der Waals surface area contributed by atoms with E-state index < -0.39 is 11.4 Å². The van der Waals surface area contributed by atoms with E-state index >= 15 is 0 Å². The minimum Gasteiger partial charge on any atom is -1.00 e. The van der Waals surface area contributed by atoms with Crippen LogP contribution in [0.5, 0.6) is 0 Å². The molecular weight excluding hydrogens is 236 g/mol. The fourth-order valence-electron chi connectivity index (χ4n) is 1.96. The Morgan fingerprint density at radius 1 is 0.944 bits per heavy atom. The van der Waals surface area contributed by atoms with E-state index in [0.717, 1.165) is 11.1 Å². The summed E-state index contributed by atoms with van der Waals surface area (Å²) >= 11 is 0. The van der Waals surface area contributed by atoms with Crippen molar-refractivity contribution in [3.8, 4) is 0 Å². The van der Waals surface area contributed by atoms with Crippen LogP contribution in [0.2, 0.25) is 0 Å². The van der Waals surface area contributed by atoms with Gasteiger partial charge in [0.2, 0.25) is 0 Å². The quantitative estimate of drug-likeness (QED) is 0.853. The molecule has 3 heteroatoms. The van der Waals surface area contributed by atoms with E-state index in [1.807, 2.05) is 60.7 Å². The second kappa shape index (κ2) is 6.02. The number of carboxylic acid groups (broad SMARTS) is 1. The van der Waals surface area contributed by atoms with Gasteiger partial charge in [-0.05, 0) is 18.1 Å². The van der Waals surface area contributed by atoms with Crippen molar-refractivity contribution in [3.63, 3.8) is 0 Å². The normalized spacial score (nSPS) is 10.5. The van der Waals surface area contributed by atoms with Gasteiger partial charge in [-0.25, -0.2) is 0 Å². The molecule has 0 aliphatic rings. The van der Waals surface area contributed by atoms with E-state index in [9.17, 15) is 9.90 Å². The Kier molecular flexibility index (Phi) is 4.93. The largest absolute Gasteiger partial charge is 2.00 e. The van der Waals surface area contributed by atoms with E-state index in [1.165, 1.54) is 0 Å². The van der Waals surface area contributed by atoms with Crippen LogP contribution in [0.15, 0.2) is 60.7 Å². The van der Waals surface area contributed by atoms with Gasteiger partial charge in [-0.15, -0.1) is 0 Å². The number of hydrogen-bond donors (Lipinski definition) is 1. The van der Waals surface area contributed by atoms with Crippen molar-refractivity contribution in [1.82, 2.24) is 0 Å². The minimum atomic E-state index is -0.998. The minimum absolute atomic E-state index is 0. The summed E-state index contributed by atoms with van der Waals surface area (Å²) in [6.45, 7) is 1.74. The van der Waals surface area contributed by atoms with Crippen LogP contribution in [0, 0.1) is 0 Å². The molecule has 0 aliphatic carbocycles. The maximum Gasteiger partial charge on any atom is 2.00 e. The Hall–Kier alpha value is -1.32. The first kappa shape index (κ1) is 14.7. The molecule has 2 aromatic rings. The molecule has 2 rings (SSSR count). The number of rotatable bonds is 3. The number of benzene rings is 2. The molecule has 0 saturated carbocycles. The predicted molar refractivity (Wildman–Crippen MR) is 75.0 cm³/mol. The Bertz CT molecular complexity index is 478. The summed E-state index contributed by atoms with van der Waals surface area (Å²) < 4.78 is 0. The van der Waals surface area contributed by atoms with Crippen molar-refractivity contribution in [2.24, 2.45) is 0 Å². The molecule has 0 aliphatic heterocycles. The van der Waals surface area contributed by atoms with Crippen LogP contribution in [0.4, 0.5) is 0 Å². The zero-order valence-electron chi connectivity index (χ0n) is 12.3. The summed E-state index contributed by atoms with van der Waals surface area (Å²) in [6.07, 6.45) is 0. The van der Waals surface area contributed by atoms with Gasteiger partial charge >= 0.3 is 29.0 Å². The first-order chi connectivity index (χ1) is 8.15. The molecule has 1 N–H and O–H groups in total. The molecule has 0 atom stereocenters. The maximum absolute atomic E-state index is 11.6. The topological polar surface area (TPSA) is 37.3 Å². The van der Waals surface area contributed by atoms with Crippen molar-refractivity contribution in [1.29, 1.82) is 0 Å². The monoisotopic (exact) mass is 252 g/mol. The van der Waals surface area contributed by atoms with E-state index in [1.54, 1.807) is 6.92 Å². The van der Waals surface area contributed by atoms with Gasteiger partial charge in [-0.3, -0.25) is 4.79 Å². The van der Waals surface area contributed by atoms with Crippen LogP contribution < -0.4 is 0 Å². The van der Waals surface area contributed by atoms with E-state index in [2.05, 4.69) is 0 Å². The van der Waals surface area contributed by atoms with Crippen molar-refractivity contribution in [2.45, 2.75) is 12.3 Å². The van der Waals surface area contributed by atoms with Crippen LogP contribution in [0.1, 0.15) is 20.9 Å². The number of carbonyl (C=O) groups is 1. The van der Waals surface area contributed by atoms with E-state index in [0.29, 0.717) is 0 Å². The van der Waals surface area contributed by atoms with Crippen LogP contribution in [-0.4, -0.2) is 34.1 Å². The van der Waals surface area contributed by atoms with Crippen LogP contribution in [-0.2, 0) is 10.2 Å². The molecule has 0 spiro atoms. The fraction of sp³-hybridized carbons (Fsp3) is 0.133. The first-order valence-electron chi connectivity index (χ1n) is 5.50. The average molecular weight is 253 g/mol. The molecule has 2 aromatic carbocycles. The van der Waals surface area contributed by atoms with E-state index in [4.69, 9.17) is 0 Å². The first-order valence-corrected chi connectivity index (χ1v) is 5.50. The molecule has 18 heavy (non-hydrogen) atoms. The maximum atomic E-state index is 11.6. The van der Waals surface area contributed by atoms with Gasteiger partial charge in [-0.1, -0.05) is 60.7 Å². The molecule has 0 heterocycles. The summed E-state index contributed by atoms with van der Waals surface area (Å²) in [7, 11) is 0. The molecule has 0 amide bonds. The molecule has 0 bridgehead atoms. The van der Waals surface area contributed by atoms with Gasteiger partial charge in [0.05, 0.1) is 0 Å². The second-order valence-electron chi connectivity index (χ2n) is 4.16. The zero-order valence-corrected chi connectivity index (χ0v) is 11.8. The van der Waals surface area contributed by atoms with Crippen molar-refractivity contribution >= 4 is 29.0 Å². The van der Waals surface area contributed by atoms with Crippen molar-refractivity contribution in [3.05, 3.63) is 71.8 Å². The van der Waals surface area contributed by atoms with Gasteiger partial charge in [-0.2, -0.15) is 0 Å². The number of hydrogen-bond acceptors (Lipinski definition) is 1. The third-order valence-corrected chi connectivity index (χ3v) is 3.13. The molecule has 2 nitrogen and oxygen atoms in total. The third-order valence-electron chi connectivity index (χ3n) is 3.13. The molecule has 0 unspecified atom stereocenters. The Morgan fingerprint density at radius 2 is 1.28 bits per heavy atom. The van der Waals surface area contributed by atoms with E-state index in [-0.39, 0.29) is 25.9 Å². The summed E-state index contributed by atoms with van der Waals surface area (Å²) in [5.74, 6) is -0.838. The van der Waals surface area contributed by atoms with Gasteiger partial charge in [0, 0.05) is 0 Å². The molecule has 0 radical (unpaired) electrons. The standard InChI is InChI=1S/C15H14O2.Mg.2H/c1-15(14(16)17,12-8-4-2-5-9-12)13-10-6-3-7-11-13;;;/h2-11H,1H3,(H,16,17);;;/q;+2;2*-1. The van der Waals surface area contributed by atoms with Crippen molar-refractivity contribution in [2.75, 3.05) is 0 Å². The SMILES string of the molecule is CC(C(=O)O)(c1ccccc1)c1ccccc1.[H-].[H-].[Mg+2]. The summed E-state index contributed by atoms with van der Waals surface area (Å²) in [5, 5.41) is 9.54. The summed E-state index contributed by atoms with van der Waals surface area (Å²) in [6, 6.07) is 18.6. The average Bonchev–Trinajstić information content (AvgIpc) is 2.39. The molecule has 0 fully saturated rings. The predicted octanol–water partition coefficient (Wildman–Crippen LogP) is 2.92. The number of aliphatic carboxylic acids is 1. The molecular formula is C15H16MgO2. The molecule has 90 valence electrons. The second-order valence-corrected chi connectivity index (χ2v) is 4.16. The van der Waals surface area contributed by atoms with Gasteiger partial charge in [0.1, 0.15) is 5.41 Å². The third kappa shape index (κ3) is 2.57. The van der Waals surface area contributed by atoms with Crippen molar-refractivity contribution < 1.29 is 12.8 Å².